The summed E-state index contributed by atoms with van der Waals surface area (Å²) in [6.07, 6.45) is 4.27. The summed E-state index contributed by atoms with van der Waals surface area (Å²) in [6, 6.07) is 14.6. The molecule has 0 radical (unpaired) electrons. The number of ether oxygens (including phenoxy) is 1. The predicted molar refractivity (Wildman–Crippen MR) is 90.3 cm³/mol. The second-order valence-corrected chi connectivity index (χ2v) is 5.03. The average molecular weight is 309 g/mol. The van der Waals surface area contributed by atoms with Gasteiger partial charge in [0.15, 0.2) is 12.4 Å². The number of amides is 1. The summed E-state index contributed by atoms with van der Waals surface area (Å²) in [6.45, 7) is 1.87. The van der Waals surface area contributed by atoms with Crippen LogP contribution in [0.15, 0.2) is 54.6 Å². The number of primary amides is 1. The molecule has 0 unspecified atom stereocenters. The van der Waals surface area contributed by atoms with Gasteiger partial charge in [0.25, 0.3) is 5.91 Å². The minimum Gasteiger partial charge on any atom is -0.484 e. The summed E-state index contributed by atoms with van der Waals surface area (Å²) in [4.78, 5) is 23.0. The number of ketones is 1. The van der Waals surface area contributed by atoms with E-state index in [1.807, 2.05) is 30.3 Å². The fourth-order valence-corrected chi connectivity index (χ4v) is 2.17. The molecule has 2 aromatic carbocycles. The van der Waals surface area contributed by atoms with Gasteiger partial charge in [-0.25, -0.2) is 0 Å². The van der Waals surface area contributed by atoms with Gasteiger partial charge in [-0.1, -0.05) is 49.4 Å². The normalized spacial score (nSPS) is 10.7. The van der Waals surface area contributed by atoms with Gasteiger partial charge in [-0.2, -0.15) is 0 Å². The predicted octanol–water partition coefficient (Wildman–Crippen LogP) is 3.01. The van der Waals surface area contributed by atoms with E-state index >= 15 is 0 Å². The van der Waals surface area contributed by atoms with Crippen molar-refractivity contribution in [2.75, 3.05) is 6.61 Å². The molecule has 23 heavy (non-hydrogen) atoms. The molecule has 0 aliphatic rings. The van der Waals surface area contributed by atoms with Crippen molar-refractivity contribution < 1.29 is 14.3 Å². The van der Waals surface area contributed by atoms with Crippen LogP contribution in [-0.4, -0.2) is 18.3 Å². The van der Waals surface area contributed by atoms with E-state index in [1.54, 1.807) is 30.3 Å². The minimum atomic E-state index is -0.558. The van der Waals surface area contributed by atoms with Gasteiger partial charge in [0.2, 0.25) is 0 Å². The summed E-state index contributed by atoms with van der Waals surface area (Å²) < 4.78 is 5.21. The SMILES string of the molecule is CCc1ccccc1/C=C/C(=O)c1cccc(OCC(N)=O)c1. The molecule has 4 heteroatoms. The van der Waals surface area contributed by atoms with Crippen LogP contribution in [-0.2, 0) is 11.2 Å². The Hall–Kier alpha value is -2.88. The average Bonchev–Trinajstić information content (AvgIpc) is 2.58. The van der Waals surface area contributed by atoms with E-state index in [2.05, 4.69) is 6.92 Å². The maximum Gasteiger partial charge on any atom is 0.255 e. The molecule has 2 N–H and O–H groups in total. The number of benzene rings is 2. The Morgan fingerprint density at radius 1 is 1.13 bits per heavy atom. The van der Waals surface area contributed by atoms with Gasteiger partial charge in [-0.3, -0.25) is 9.59 Å². The van der Waals surface area contributed by atoms with E-state index in [4.69, 9.17) is 10.5 Å². The quantitative estimate of drug-likeness (QED) is 0.631. The lowest BCUT2D eigenvalue weighted by Crippen LogP contribution is -2.20. The molecule has 0 saturated carbocycles. The van der Waals surface area contributed by atoms with Crippen LogP contribution in [0.3, 0.4) is 0 Å². The van der Waals surface area contributed by atoms with Crippen LogP contribution < -0.4 is 10.5 Å². The van der Waals surface area contributed by atoms with Gasteiger partial charge in [0.05, 0.1) is 0 Å². The van der Waals surface area contributed by atoms with E-state index in [-0.39, 0.29) is 12.4 Å². The van der Waals surface area contributed by atoms with Crippen LogP contribution in [0.25, 0.3) is 6.08 Å². The number of rotatable bonds is 7. The number of aryl methyl sites for hydroxylation is 1. The largest absolute Gasteiger partial charge is 0.484 e. The van der Waals surface area contributed by atoms with E-state index in [0.717, 1.165) is 12.0 Å². The lowest BCUT2D eigenvalue weighted by atomic mass is 10.0. The Labute approximate surface area is 135 Å². The molecule has 1 amide bonds. The maximum atomic E-state index is 12.3. The van der Waals surface area contributed by atoms with Gasteiger partial charge in [0.1, 0.15) is 5.75 Å². The Morgan fingerprint density at radius 3 is 2.65 bits per heavy atom. The molecular weight excluding hydrogens is 290 g/mol. The van der Waals surface area contributed by atoms with Crippen LogP contribution in [0, 0.1) is 0 Å². The molecule has 0 aliphatic carbocycles. The molecule has 0 fully saturated rings. The number of carbonyl (C=O) groups excluding carboxylic acids is 2. The van der Waals surface area contributed by atoms with Gasteiger partial charge >= 0.3 is 0 Å². The lowest BCUT2D eigenvalue weighted by molar-refractivity contribution is -0.119. The zero-order chi connectivity index (χ0) is 16.7. The van der Waals surface area contributed by atoms with Crippen molar-refractivity contribution in [3.8, 4) is 5.75 Å². The highest BCUT2D eigenvalue weighted by Crippen LogP contribution is 2.16. The zero-order valence-corrected chi connectivity index (χ0v) is 13.0. The first kappa shape index (κ1) is 16.5. The van der Waals surface area contributed by atoms with Crippen LogP contribution in [0.4, 0.5) is 0 Å². The first-order valence-corrected chi connectivity index (χ1v) is 7.41. The molecule has 0 aliphatic heterocycles. The van der Waals surface area contributed by atoms with Crippen molar-refractivity contribution in [3.63, 3.8) is 0 Å². The second-order valence-electron chi connectivity index (χ2n) is 5.03. The summed E-state index contributed by atoms with van der Waals surface area (Å²) in [5.74, 6) is -0.241. The molecule has 4 nitrogen and oxygen atoms in total. The van der Waals surface area contributed by atoms with E-state index in [1.165, 1.54) is 5.56 Å². The maximum absolute atomic E-state index is 12.3. The Kier molecular flexibility index (Phi) is 5.69. The summed E-state index contributed by atoms with van der Waals surface area (Å²) in [7, 11) is 0. The fraction of sp³-hybridized carbons (Fsp3) is 0.158. The van der Waals surface area contributed by atoms with Crippen molar-refractivity contribution >= 4 is 17.8 Å². The number of nitrogens with two attached hydrogens (primary N) is 1. The molecule has 118 valence electrons. The Morgan fingerprint density at radius 2 is 1.91 bits per heavy atom. The first-order chi connectivity index (χ1) is 11.1. The van der Waals surface area contributed by atoms with Crippen LogP contribution >= 0.6 is 0 Å². The van der Waals surface area contributed by atoms with Crippen LogP contribution in [0.5, 0.6) is 5.75 Å². The molecule has 2 rings (SSSR count). The molecule has 0 heterocycles. The number of allylic oxidation sites excluding steroid dienone is 1. The first-order valence-electron chi connectivity index (χ1n) is 7.41. The zero-order valence-electron chi connectivity index (χ0n) is 13.0. The van der Waals surface area contributed by atoms with E-state index in [9.17, 15) is 9.59 Å². The van der Waals surface area contributed by atoms with E-state index in [0.29, 0.717) is 11.3 Å². The smallest absolute Gasteiger partial charge is 0.255 e. The third kappa shape index (κ3) is 4.81. The molecule has 0 aromatic heterocycles. The summed E-state index contributed by atoms with van der Waals surface area (Å²) >= 11 is 0. The molecule has 0 spiro atoms. The molecular formula is C19H19NO3. The highest BCUT2D eigenvalue weighted by Gasteiger charge is 2.05. The molecule has 0 bridgehead atoms. The Balaban J connectivity index is 2.12. The van der Waals surface area contributed by atoms with E-state index < -0.39 is 5.91 Å². The monoisotopic (exact) mass is 309 g/mol. The summed E-state index contributed by atoms with van der Waals surface area (Å²) in [5, 5.41) is 0. The van der Waals surface area contributed by atoms with Gasteiger partial charge in [0, 0.05) is 5.56 Å². The third-order valence-electron chi connectivity index (χ3n) is 3.35. The van der Waals surface area contributed by atoms with Crippen LogP contribution in [0.2, 0.25) is 0 Å². The lowest BCUT2D eigenvalue weighted by Gasteiger charge is -2.05. The summed E-state index contributed by atoms with van der Waals surface area (Å²) in [5.41, 5.74) is 7.75. The Bertz CT molecular complexity index is 735. The number of carbonyl (C=O) groups is 2. The topological polar surface area (TPSA) is 69.4 Å². The van der Waals surface area contributed by atoms with Crippen molar-refractivity contribution in [1.82, 2.24) is 0 Å². The van der Waals surface area contributed by atoms with Gasteiger partial charge in [-0.15, -0.1) is 0 Å². The minimum absolute atomic E-state index is 0.125. The molecule has 0 atom stereocenters. The van der Waals surface area contributed by atoms with Crippen molar-refractivity contribution in [2.45, 2.75) is 13.3 Å². The molecule has 2 aromatic rings. The number of hydrogen-bond acceptors (Lipinski definition) is 3. The standard InChI is InChI=1S/C19H19NO3/c1-2-14-6-3-4-7-15(14)10-11-18(21)16-8-5-9-17(12-16)23-13-19(20)22/h3-12H,2,13H2,1H3,(H2,20,22)/b11-10+. The van der Waals surface area contributed by atoms with Crippen molar-refractivity contribution in [1.29, 1.82) is 0 Å². The van der Waals surface area contributed by atoms with Crippen LogP contribution in [0.1, 0.15) is 28.4 Å². The third-order valence-corrected chi connectivity index (χ3v) is 3.35. The van der Waals surface area contributed by atoms with Crippen molar-refractivity contribution in [3.05, 3.63) is 71.3 Å². The van der Waals surface area contributed by atoms with Gasteiger partial charge < -0.3 is 10.5 Å². The molecule has 0 saturated heterocycles. The highest BCUT2D eigenvalue weighted by molar-refractivity contribution is 6.07. The second kappa shape index (κ2) is 7.94. The van der Waals surface area contributed by atoms with Gasteiger partial charge in [-0.05, 0) is 35.8 Å². The van der Waals surface area contributed by atoms with Crippen molar-refractivity contribution in [2.24, 2.45) is 5.73 Å². The number of hydrogen-bond donors (Lipinski definition) is 1. The fourth-order valence-electron chi connectivity index (χ4n) is 2.17. The highest BCUT2D eigenvalue weighted by atomic mass is 16.5.